The van der Waals surface area contributed by atoms with Crippen molar-refractivity contribution < 1.29 is 13.9 Å². The Hall–Kier alpha value is -3.55. The number of halogens is 1. The van der Waals surface area contributed by atoms with E-state index in [0.717, 1.165) is 43.4 Å². The second-order valence-electron chi connectivity index (χ2n) is 6.88. The van der Waals surface area contributed by atoms with E-state index >= 15 is 0 Å². The lowest BCUT2D eigenvalue weighted by Gasteiger charge is -2.36. The third kappa shape index (κ3) is 3.61. The minimum Gasteiger partial charge on any atom is -0.454 e. The van der Waals surface area contributed by atoms with Gasteiger partial charge in [0.1, 0.15) is 23.8 Å². The van der Waals surface area contributed by atoms with Crippen LogP contribution in [0.1, 0.15) is 0 Å². The molecule has 1 aromatic heterocycles. The summed E-state index contributed by atoms with van der Waals surface area (Å²) in [4.78, 5) is 13.0. The van der Waals surface area contributed by atoms with Gasteiger partial charge in [-0.05, 0) is 24.3 Å². The predicted octanol–water partition coefficient (Wildman–Crippen LogP) is 3.41. The van der Waals surface area contributed by atoms with E-state index in [1.54, 1.807) is 12.4 Å². The quantitative estimate of drug-likeness (QED) is 0.729. The maximum atomic E-state index is 14.0. The zero-order valence-corrected chi connectivity index (χ0v) is 15.7. The van der Waals surface area contributed by atoms with Gasteiger partial charge in [-0.25, -0.2) is 14.4 Å². The van der Waals surface area contributed by atoms with Crippen LogP contribution in [0.2, 0.25) is 0 Å². The molecular weight excluding hydrogens is 373 g/mol. The Labute approximate surface area is 167 Å². The van der Waals surface area contributed by atoms with Crippen molar-refractivity contribution in [2.24, 2.45) is 0 Å². The highest BCUT2D eigenvalue weighted by atomic mass is 19.1. The number of para-hydroxylation sites is 1. The molecule has 29 heavy (non-hydrogen) atoms. The minimum absolute atomic E-state index is 0.182. The van der Waals surface area contributed by atoms with Gasteiger partial charge in [0, 0.05) is 44.0 Å². The summed E-state index contributed by atoms with van der Waals surface area (Å²) in [5.74, 6) is 2.82. The number of nitrogens with zero attached hydrogens (tertiary/aromatic N) is 4. The van der Waals surface area contributed by atoms with E-state index in [9.17, 15) is 4.39 Å². The maximum absolute atomic E-state index is 14.0. The highest BCUT2D eigenvalue weighted by molar-refractivity contribution is 5.63. The SMILES string of the molecule is Fc1ccccc1N1CCN(c2cc(Nc3ccc4c(c3)OCO4)ncn2)CC1. The summed E-state index contributed by atoms with van der Waals surface area (Å²) < 4.78 is 24.8. The highest BCUT2D eigenvalue weighted by Crippen LogP contribution is 2.35. The summed E-state index contributed by atoms with van der Waals surface area (Å²) in [5, 5.41) is 3.28. The number of nitrogens with one attached hydrogen (secondary N) is 1. The lowest BCUT2D eigenvalue weighted by Crippen LogP contribution is -2.47. The molecule has 3 heterocycles. The molecule has 5 rings (SSSR count). The number of hydrogen-bond acceptors (Lipinski definition) is 7. The van der Waals surface area contributed by atoms with Crippen LogP contribution in [0.15, 0.2) is 54.9 Å². The van der Waals surface area contributed by atoms with Crippen LogP contribution in [0.3, 0.4) is 0 Å². The summed E-state index contributed by atoms with van der Waals surface area (Å²) in [5.41, 5.74) is 1.52. The molecule has 0 unspecified atom stereocenters. The van der Waals surface area contributed by atoms with Gasteiger partial charge in [0.2, 0.25) is 6.79 Å². The smallest absolute Gasteiger partial charge is 0.231 e. The molecule has 1 fully saturated rings. The fraction of sp³-hybridized carbons (Fsp3) is 0.238. The van der Waals surface area contributed by atoms with Gasteiger partial charge in [-0.15, -0.1) is 0 Å². The van der Waals surface area contributed by atoms with Gasteiger partial charge in [-0.2, -0.15) is 0 Å². The Morgan fingerprint density at radius 3 is 2.52 bits per heavy atom. The van der Waals surface area contributed by atoms with Crippen LogP contribution < -0.4 is 24.6 Å². The van der Waals surface area contributed by atoms with E-state index in [2.05, 4.69) is 25.1 Å². The van der Waals surface area contributed by atoms with Gasteiger partial charge in [0.05, 0.1) is 5.69 Å². The molecule has 0 amide bonds. The van der Waals surface area contributed by atoms with Crippen molar-refractivity contribution >= 4 is 23.0 Å². The lowest BCUT2D eigenvalue weighted by molar-refractivity contribution is 0.174. The Morgan fingerprint density at radius 2 is 1.66 bits per heavy atom. The number of rotatable bonds is 4. The van der Waals surface area contributed by atoms with Gasteiger partial charge >= 0.3 is 0 Å². The normalized spacial score (nSPS) is 15.5. The standard InChI is InChI=1S/C21H20FN5O2/c22-16-3-1-2-4-17(16)26-7-9-27(10-8-26)21-12-20(23-13-24-21)25-15-5-6-18-19(11-15)29-14-28-18/h1-6,11-13H,7-10,14H2,(H,23,24,25). The Morgan fingerprint density at radius 1 is 0.862 bits per heavy atom. The molecule has 3 aromatic rings. The summed E-state index contributed by atoms with van der Waals surface area (Å²) in [6, 6.07) is 14.5. The number of aromatic nitrogens is 2. The molecule has 2 aromatic carbocycles. The van der Waals surface area contributed by atoms with Crippen molar-refractivity contribution in [1.82, 2.24) is 9.97 Å². The number of fused-ring (bicyclic) bond motifs is 1. The first-order valence-corrected chi connectivity index (χ1v) is 9.49. The van der Waals surface area contributed by atoms with E-state index in [1.165, 1.54) is 6.07 Å². The minimum atomic E-state index is -0.182. The molecule has 2 aliphatic heterocycles. The van der Waals surface area contributed by atoms with Crippen molar-refractivity contribution in [1.29, 1.82) is 0 Å². The second kappa shape index (κ2) is 7.46. The average molecular weight is 393 g/mol. The maximum Gasteiger partial charge on any atom is 0.231 e. The van der Waals surface area contributed by atoms with Crippen molar-refractivity contribution in [3.63, 3.8) is 0 Å². The number of ether oxygens (including phenoxy) is 2. The Balaban J connectivity index is 1.26. The first-order valence-electron chi connectivity index (χ1n) is 9.49. The Kier molecular flexibility index (Phi) is 4.51. The third-order valence-corrected chi connectivity index (χ3v) is 5.09. The van der Waals surface area contributed by atoms with Gasteiger partial charge in [-0.1, -0.05) is 12.1 Å². The molecule has 0 radical (unpaired) electrons. The monoisotopic (exact) mass is 393 g/mol. The van der Waals surface area contributed by atoms with Crippen molar-refractivity contribution in [3.05, 3.63) is 60.7 Å². The van der Waals surface area contributed by atoms with Crippen LogP contribution in [-0.2, 0) is 0 Å². The van der Waals surface area contributed by atoms with Crippen LogP contribution in [0.25, 0.3) is 0 Å². The summed E-state index contributed by atoms with van der Waals surface area (Å²) >= 11 is 0. The van der Waals surface area contributed by atoms with Crippen LogP contribution in [-0.4, -0.2) is 42.9 Å². The fourth-order valence-corrected chi connectivity index (χ4v) is 3.60. The number of benzene rings is 2. The van der Waals surface area contributed by atoms with Gasteiger partial charge in [0.15, 0.2) is 11.5 Å². The van der Waals surface area contributed by atoms with Crippen LogP contribution in [0, 0.1) is 5.82 Å². The second-order valence-corrected chi connectivity index (χ2v) is 6.88. The third-order valence-electron chi connectivity index (χ3n) is 5.09. The molecule has 1 N–H and O–H groups in total. The molecular formula is C21H20FN5O2. The predicted molar refractivity (Wildman–Crippen MR) is 109 cm³/mol. The number of anilines is 4. The first-order chi connectivity index (χ1) is 14.3. The molecule has 0 bridgehead atoms. The summed E-state index contributed by atoms with van der Waals surface area (Å²) in [7, 11) is 0. The van der Waals surface area contributed by atoms with E-state index in [1.807, 2.05) is 36.4 Å². The molecule has 0 aliphatic carbocycles. The molecule has 148 valence electrons. The molecule has 0 atom stereocenters. The van der Waals surface area contributed by atoms with Crippen molar-refractivity contribution in [2.75, 3.05) is 48.1 Å². The van der Waals surface area contributed by atoms with E-state index < -0.39 is 0 Å². The molecule has 2 aliphatic rings. The van der Waals surface area contributed by atoms with Gasteiger partial charge < -0.3 is 24.6 Å². The van der Waals surface area contributed by atoms with Gasteiger partial charge in [-0.3, -0.25) is 0 Å². The molecule has 0 saturated carbocycles. The van der Waals surface area contributed by atoms with Gasteiger partial charge in [0.25, 0.3) is 0 Å². The topological polar surface area (TPSA) is 62.8 Å². The zero-order valence-electron chi connectivity index (χ0n) is 15.7. The molecule has 0 spiro atoms. The van der Waals surface area contributed by atoms with Crippen LogP contribution in [0.4, 0.5) is 27.4 Å². The number of hydrogen-bond donors (Lipinski definition) is 1. The van der Waals surface area contributed by atoms with Crippen molar-refractivity contribution in [2.45, 2.75) is 0 Å². The van der Waals surface area contributed by atoms with Crippen LogP contribution in [0.5, 0.6) is 11.5 Å². The molecule has 7 nitrogen and oxygen atoms in total. The summed E-state index contributed by atoms with van der Waals surface area (Å²) in [6.07, 6.45) is 1.55. The van der Waals surface area contributed by atoms with Crippen LogP contribution >= 0.6 is 0 Å². The van der Waals surface area contributed by atoms with E-state index in [-0.39, 0.29) is 12.6 Å². The average Bonchev–Trinajstić information content (AvgIpc) is 3.22. The molecule has 1 saturated heterocycles. The number of piperazine rings is 1. The van der Waals surface area contributed by atoms with E-state index in [0.29, 0.717) is 17.3 Å². The van der Waals surface area contributed by atoms with E-state index in [4.69, 9.17) is 9.47 Å². The summed E-state index contributed by atoms with van der Waals surface area (Å²) in [6.45, 7) is 3.23. The lowest BCUT2D eigenvalue weighted by atomic mass is 10.2. The Bertz CT molecular complexity index is 1020. The molecule has 8 heteroatoms. The fourth-order valence-electron chi connectivity index (χ4n) is 3.60. The van der Waals surface area contributed by atoms with Crippen molar-refractivity contribution in [3.8, 4) is 11.5 Å². The highest BCUT2D eigenvalue weighted by Gasteiger charge is 2.20. The zero-order chi connectivity index (χ0) is 19.6. The first kappa shape index (κ1) is 17.5. The largest absolute Gasteiger partial charge is 0.454 e.